The van der Waals surface area contributed by atoms with Crippen LogP contribution in [0.5, 0.6) is 0 Å². The van der Waals surface area contributed by atoms with Crippen molar-refractivity contribution in [3.63, 3.8) is 0 Å². The predicted molar refractivity (Wildman–Crippen MR) is 60.8 cm³/mol. The first-order chi connectivity index (χ1) is 6.80. The van der Waals surface area contributed by atoms with Crippen LogP contribution in [0.25, 0.3) is 0 Å². The van der Waals surface area contributed by atoms with Gasteiger partial charge < -0.3 is 5.11 Å². The van der Waals surface area contributed by atoms with E-state index in [1.807, 2.05) is 0 Å². The second-order valence-corrected chi connectivity index (χ2v) is 5.80. The Morgan fingerprint density at radius 1 is 1.47 bits per heavy atom. The number of hydrogen-bond acceptors (Lipinski definition) is 2. The third-order valence-electron chi connectivity index (χ3n) is 3.53. The molecular weight excluding hydrogens is 190 g/mol. The monoisotopic (exact) mass is 213 g/mol. The average molecular weight is 213 g/mol. The molecule has 0 bridgehead atoms. The van der Waals surface area contributed by atoms with E-state index in [2.05, 4.69) is 32.6 Å². The molecule has 1 aliphatic heterocycles. The van der Waals surface area contributed by atoms with Gasteiger partial charge in [-0.05, 0) is 24.7 Å². The Labute approximate surface area is 92.5 Å². The lowest BCUT2D eigenvalue weighted by atomic mass is 9.75. The molecule has 0 aromatic heterocycles. The molecule has 0 amide bonds. The molecule has 15 heavy (non-hydrogen) atoms. The Bertz CT molecular complexity index is 226. The van der Waals surface area contributed by atoms with Crippen LogP contribution < -0.4 is 0 Å². The third-order valence-corrected chi connectivity index (χ3v) is 3.53. The van der Waals surface area contributed by atoms with Crippen LogP contribution in [-0.4, -0.2) is 35.1 Å². The highest BCUT2D eigenvalue weighted by molar-refractivity contribution is 5.66. The maximum Gasteiger partial charge on any atom is 0.303 e. The molecular formula is C12H23NO2. The molecule has 1 atom stereocenters. The molecule has 1 unspecified atom stereocenters. The van der Waals surface area contributed by atoms with E-state index in [1.165, 1.54) is 0 Å². The highest BCUT2D eigenvalue weighted by atomic mass is 16.4. The molecule has 0 aromatic rings. The zero-order valence-corrected chi connectivity index (χ0v) is 10.3. The zero-order valence-electron chi connectivity index (χ0n) is 10.3. The van der Waals surface area contributed by atoms with Gasteiger partial charge in [0.15, 0.2) is 0 Å². The topological polar surface area (TPSA) is 40.5 Å². The Balaban J connectivity index is 2.23. The number of hydrogen-bond donors (Lipinski definition) is 1. The first kappa shape index (κ1) is 12.5. The van der Waals surface area contributed by atoms with Gasteiger partial charge >= 0.3 is 5.97 Å². The number of rotatable bonds is 4. The molecule has 0 radical (unpaired) electrons. The summed E-state index contributed by atoms with van der Waals surface area (Å²) in [5.74, 6) is 0.0829. The third kappa shape index (κ3) is 3.49. The fourth-order valence-corrected chi connectivity index (χ4v) is 1.94. The molecule has 0 spiro atoms. The molecule has 1 aliphatic rings. The molecule has 1 saturated heterocycles. The van der Waals surface area contributed by atoms with E-state index in [4.69, 9.17) is 5.11 Å². The van der Waals surface area contributed by atoms with Crippen molar-refractivity contribution in [3.8, 4) is 0 Å². The first-order valence-electron chi connectivity index (χ1n) is 5.76. The number of carbonyl (C=O) groups is 1. The molecule has 1 rings (SSSR count). The SMILES string of the molecule is CC(CCC(=O)O)N1CC(C(C)(C)C)C1. The smallest absolute Gasteiger partial charge is 0.303 e. The quantitative estimate of drug-likeness (QED) is 0.778. The highest BCUT2D eigenvalue weighted by Gasteiger charge is 2.37. The van der Waals surface area contributed by atoms with E-state index in [9.17, 15) is 4.79 Å². The molecule has 1 N–H and O–H groups in total. The van der Waals surface area contributed by atoms with Crippen molar-refractivity contribution in [1.29, 1.82) is 0 Å². The van der Waals surface area contributed by atoms with Crippen molar-refractivity contribution >= 4 is 5.97 Å². The Kier molecular flexibility index (Phi) is 3.77. The van der Waals surface area contributed by atoms with Crippen molar-refractivity contribution in [1.82, 2.24) is 4.90 Å². The normalized spacial score (nSPS) is 21.1. The number of carboxylic acids is 1. The molecule has 1 heterocycles. The van der Waals surface area contributed by atoms with Gasteiger partial charge in [0, 0.05) is 25.6 Å². The summed E-state index contributed by atoms with van der Waals surface area (Å²) in [7, 11) is 0. The number of carboxylic acid groups (broad SMARTS) is 1. The zero-order chi connectivity index (χ0) is 11.6. The van der Waals surface area contributed by atoms with Gasteiger partial charge in [0.25, 0.3) is 0 Å². The van der Waals surface area contributed by atoms with Crippen LogP contribution in [0.2, 0.25) is 0 Å². The van der Waals surface area contributed by atoms with E-state index in [0.29, 0.717) is 11.5 Å². The maximum absolute atomic E-state index is 10.4. The van der Waals surface area contributed by atoms with Crippen LogP contribution >= 0.6 is 0 Å². The largest absolute Gasteiger partial charge is 0.481 e. The predicted octanol–water partition coefficient (Wildman–Crippen LogP) is 2.22. The van der Waals surface area contributed by atoms with Gasteiger partial charge in [-0.15, -0.1) is 0 Å². The number of nitrogens with zero attached hydrogens (tertiary/aromatic N) is 1. The molecule has 3 nitrogen and oxygen atoms in total. The van der Waals surface area contributed by atoms with Crippen LogP contribution in [0.15, 0.2) is 0 Å². The van der Waals surface area contributed by atoms with Crippen molar-refractivity contribution < 1.29 is 9.90 Å². The van der Waals surface area contributed by atoms with Gasteiger partial charge in [0.2, 0.25) is 0 Å². The van der Waals surface area contributed by atoms with Gasteiger partial charge in [-0.3, -0.25) is 9.69 Å². The fourth-order valence-electron chi connectivity index (χ4n) is 1.94. The Morgan fingerprint density at radius 2 is 2.00 bits per heavy atom. The van der Waals surface area contributed by atoms with Crippen LogP contribution in [0.1, 0.15) is 40.5 Å². The lowest BCUT2D eigenvalue weighted by Gasteiger charge is -2.49. The standard InChI is InChI=1S/C12H23NO2/c1-9(5-6-11(14)15)13-7-10(8-13)12(2,3)4/h9-10H,5-8H2,1-4H3,(H,14,15). The van der Waals surface area contributed by atoms with Gasteiger partial charge in [-0.1, -0.05) is 20.8 Å². The number of likely N-dealkylation sites (tertiary alicyclic amines) is 1. The van der Waals surface area contributed by atoms with Crippen molar-refractivity contribution in [2.24, 2.45) is 11.3 Å². The van der Waals surface area contributed by atoms with E-state index < -0.39 is 5.97 Å². The molecule has 0 saturated carbocycles. The summed E-state index contributed by atoms with van der Waals surface area (Å²) >= 11 is 0. The summed E-state index contributed by atoms with van der Waals surface area (Å²) in [5, 5.41) is 8.60. The maximum atomic E-state index is 10.4. The summed E-state index contributed by atoms with van der Waals surface area (Å²) in [6, 6.07) is 0.416. The van der Waals surface area contributed by atoms with Crippen molar-refractivity contribution in [2.45, 2.75) is 46.6 Å². The highest BCUT2D eigenvalue weighted by Crippen LogP contribution is 2.34. The first-order valence-corrected chi connectivity index (χ1v) is 5.76. The van der Waals surface area contributed by atoms with Gasteiger partial charge in [0.05, 0.1) is 0 Å². The lowest BCUT2D eigenvalue weighted by Crippen LogP contribution is -2.55. The Morgan fingerprint density at radius 3 is 2.40 bits per heavy atom. The minimum Gasteiger partial charge on any atom is -0.481 e. The van der Waals surface area contributed by atoms with E-state index in [0.717, 1.165) is 25.4 Å². The van der Waals surface area contributed by atoms with E-state index >= 15 is 0 Å². The molecule has 1 fully saturated rings. The summed E-state index contributed by atoms with van der Waals surface area (Å²) in [5.41, 5.74) is 0.392. The summed E-state index contributed by atoms with van der Waals surface area (Å²) in [6.45, 7) is 11.2. The average Bonchev–Trinajstić information content (AvgIpc) is 1.94. The second-order valence-electron chi connectivity index (χ2n) is 5.80. The summed E-state index contributed by atoms with van der Waals surface area (Å²) in [6.07, 6.45) is 1.06. The van der Waals surface area contributed by atoms with Crippen molar-refractivity contribution in [3.05, 3.63) is 0 Å². The fraction of sp³-hybridized carbons (Fsp3) is 0.917. The molecule has 3 heteroatoms. The molecule has 0 aliphatic carbocycles. The second kappa shape index (κ2) is 4.52. The van der Waals surface area contributed by atoms with Gasteiger partial charge in [-0.25, -0.2) is 0 Å². The lowest BCUT2D eigenvalue weighted by molar-refractivity contribution is -0.137. The van der Waals surface area contributed by atoms with Crippen LogP contribution in [-0.2, 0) is 4.79 Å². The minimum atomic E-state index is -0.685. The number of aliphatic carboxylic acids is 1. The summed E-state index contributed by atoms with van der Waals surface area (Å²) in [4.78, 5) is 12.8. The van der Waals surface area contributed by atoms with Crippen LogP contribution in [0.4, 0.5) is 0 Å². The van der Waals surface area contributed by atoms with Crippen LogP contribution in [0, 0.1) is 11.3 Å². The molecule has 88 valence electrons. The summed E-state index contributed by atoms with van der Waals surface area (Å²) < 4.78 is 0. The van der Waals surface area contributed by atoms with Crippen LogP contribution in [0.3, 0.4) is 0 Å². The van der Waals surface area contributed by atoms with Gasteiger partial charge in [0.1, 0.15) is 0 Å². The Hall–Kier alpha value is -0.570. The van der Waals surface area contributed by atoms with Gasteiger partial charge in [-0.2, -0.15) is 0 Å². The van der Waals surface area contributed by atoms with Crippen molar-refractivity contribution in [2.75, 3.05) is 13.1 Å². The minimum absolute atomic E-state index is 0.290. The van der Waals surface area contributed by atoms with E-state index in [-0.39, 0.29) is 6.42 Å². The van der Waals surface area contributed by atoms with E-state index in [1.54, 1.807) is 0 Å². The molecule has 0 aromatic carbocycles.